The molecule has 0 amide bonds. The Morgan fingerprint density at radius 2 is 1.47 bits per heavy atom. The van der Waals surface area contributed by atoms with Gasteiger partial charge in [0.1, 0.15) is 12.7 Å². The van der Waals surface area contributed by atoms with Gasteiger partial charge in [-0.3, -0.25) is 9.59 Å². The van der Waals surface area contributed by atoms with E-state index in [0.29, 0.717) is 6.42 Å². The summed E-state index contributed by atoms with van der Waals surface area (Å²) in [7, 11) is 0. The van der Waals surface area contributed by atoms with Crippen molar-refractivity contribution in [2.24, 2.45) is 10.8 Å². The number of esters is 2. The van der Waals surface area contributed by atoms with Gasteiger partial charge in [-0.2, -0.15) is 0 Å². The molecular weight excluding hydrogens is 359 g/mol. The molecule has 0 aliphatic carbocycles. The third-order valence-corrected chi connectivity index (χ3v) is 2.95. The zero-order chi connectivity index (χ0) is 15.3. The smallest absolute Gasteiger partial charge is 0.311 e. The monoisotopic (exact) mass is 384 g/mol. The summed E-state index contributed by atoms with van der Waals surface area (Å²) < 4.78 is 11.5. The lowest BCUT2D eigenvalue weighted by Gasteiger charge is -2.24. The van der Waals surface area contributed by atoms with E-state index in [-0.39, 0.29) is 24.6 Å². The van der Waals surface area contributed by atoms with Crippen molar-refractivity contribution in [1.29, 1.82) is 0 Å². The molecule has 112 valence electrons. The number of hydrogen-bond donors (Lipinski definition) is 0. The molecule has 0 saturated carbocycles. The van der Waals surface area contributed by atoms with E-state index in [0.717, 1.165) is 4.43 Å². The zero-order valence-electron chi connectivity index (χ0n) is 12.7. The van der Waals surface area contributed by atoms with Gasteiger partial charge in [0.2, 0.25) is 0 Å². The Morgan fingerprint density at radius 3 is 1.84 bits per heavy atom. The van der Waals surface area contributed by atoms with Crippen LogP contribution < -0.4 is 0 Å². The van der Waals surface area contributed by atoms with Gasteiger partial charge in [0, 0.05) is 4.43 Å². The number of ether oxygens (including phenoxy) is 2. The van der Waals surface area contributed by atoms with Crippen molar-refractivity contribution in [3.63, 3.8) is 0 Å². The number of hydrogen-bond acceptors (Lipinski definition) is 4. The zero-order valence-corrected chi connectivity index (χ0v) is 14.9. The summed E-state index contributed by atoms with van der Waals surface area (Å²) in [5.74, 6) is -0.549. The number of halogens is 1. The lowest BCUT2D eigenvalue weighted by Crippen LogP contribution is -2.33. The maximum Gasteiger partial charge on any atom is 0.311 e. The van der Waals surface area contributed by atoms with Crippen LogP contribution in [-0.4, -0.2) is 29.1 Å². The van der Waals surface area contributed by atoms with Crippen LogP contribution in [0.5, 0.6) is 0 Å². The van der Waals surface area contributed by atoms with Crippen molar-refractivity contribution in [2.75, 3.05) is 11.0 Å². The quantitative estimate of drug-likeness (QED) is 0.415. The van der Waals surface area contributed by atoms with Gasteiger partial charge in [0.25, 0.3) is 0 Å². The topological polar surface area (TPSA) is 52.6 Å². The molecule has 0 fully saturated rings. The molecule has 0 aromatic heterocycles. The number of carbonyl (C=O) groups excluding carboxylic acids is 2. The minimum atomic E-state index is -0.544. The van der Waals surface area contributed by atoms with Crippen molar-refractivity contribution >= 4 is 34.5 Å². The normalized spacial score (nSPS) is 13.8. The average molecular weight is 384 g/mol. The molecule has 0 aromatic rings. The fourth-order valence-corrected chi connectivity index (χ4v) is 1.71. The Kier molecular flexibility index (Phi) is 7.32. The van der Waals surface area contributed by atoms with E-state index in [2.05, 4.69) is 22.6 Å². The van der Waals surface area contributed by atoms with Crippen LogP contribution in [0.1, 0.15) is 48.0 Å². The third kappa shape index (κ3) is 7.74. The maximum atomic E-state index is 11.8. The lowest BCUT2D eigenvalue weighted by atomic mass is 9.97. The highest BCUT2D eigenvalue weighted by Crippen LogP contribution is 2.19. The van der Waals surface area contributed by atoms with Gasteiger partial charge in [0.15, 0.2) is 0 Å². The van der Waals surface area contributed by atoms with Gasteiger partial charge in [0.05, 0.1) is 10.8 Å². The van der Waals surface area contributed by atoms with E-state index in [9.17, 15) is 9.59 Å². The SMILES string of the molecule is CC(C)(C)C(=O)OCC(CCI)OC(=O)C(C)(C)C. The molecule has 0 radical (unpaired) electrons. The molecule has 0 heterocycles. The van der Waals surface area contributed by atoms with Crippen molar-refractivity contribution in [2.45, 2.75) is 54.1 Å². The Labute approximate surface area is 129 Å². The molecule has 1 atom stereocenters. The highest BCUT2D eigenvalue weighted by Gasteiger charge is 2.28. The van der Waals surface area contributed by atoms with Gasteiger partial charge in [-0.15, -0.1) is 0 Å². The average Bonchev–Trinajstić information content (AvgIpc) is 2.22. The number of carbonyl (C=O) groups is 2. The summed E-state index contributed by atoms with van der Waals surface area (Å²) in [4.78, 5) is 23.5. The first-order valence-electron chi connectivity index (χ1n) is 6.42. The second kappa shape index (κ2) is 7.45. The van der Waals surface area contributed by atoms with Crippen LogP contribution in [0.15, 0.2) is 0 Å². The predicted molar refractivity (Wildman–Crippen MR) is 83.3 cm³/mol. The van der Waals surface area contributed by atoms with Crippen molar-refractivity contribution in [3.8, 4) is 0 Å². The van der Waals surface area contributed by atoms with Crippen LogP contribution in [0.25, 0.3) is 0 Å². The van der Waals surface area contributed by atoms with E-state index in [4.69, 9.17) is 9.47 Å². The lowest BCUT2D eigenvalue weighted by molar-refractivity contribution is -0.168. The molecule has 0 spiro atoms. The van der Waals surface area contributed by atoms with Crippen LogP contribution in [-0.2, 0) is 19.1 Å². The second-order valence-electron chi connectivity index (χ2n) is 6.60. The third-order valence-electron chi connectivity index (χ3n) is 2.33. The molecule has 4 nitrogen and oxygen atoms in total. The first-order valence-corrected chi connectivity index (χ1v) is 7.95. The Bertz CT molecular complexity index is 312. The van der Waals surface area contributed by atoms with Gasteiger partial charge >= 0.3 is 11.9 Å². The molecule has 0 rings (SSSR count). The first kappa shape index (κ1) is 18.7. The maximum absolute atomic E-state index is 11.8. The molecule has 5 heteroatoms. The molecule has 0 aliphatic rings. The van der Waals surface area contributed by atoms with Gasteiger partial charge in [-0.25, -0.2) is 0 Å². The van der Waals surface area contributed by atoms with Crippen molar-refractivity contribution in [3.05, 3.63) is 0 Å². The van der Waals surface area contributed by atoms with Crippen molar-refractivity contribution < 1.29 is 19.1 Å². The predicted octanol–water partition coefficient (Wildman–Crippen LogP) is 3.36. The van der Waals surface area contributed by atoms with Crippen LogP contribution in [0.2, 0.25) is 0 Å². The summed E-state index contributed by atoms with van der Waals surface area (Å²) in [6.45, 7) is 10.9. The van der Waals surface area contributed by atoms with E-state index >= 15 is 0 Å². The highest BCUT2D eigenvalue weighted by atomic mass is 127. The van der Waals surface area contributed by atoms with E-state index in [1.54, 1.807) is 41.5 Å². The van der Waals surface area contributed by atoms with Gasteiger partial charge in [-0.1, -0.05) is 22.6 Å². The molecule has 1 unspecified atom stereocenters. The molecule has 19 heavy (non-hydrogen) atoms. The number of alkyl halides is 1. The van der Waals surface area contributed by atoms with Crippen LogP contribution >= 0.6 is 22.6 Å². The van der Waals surface area contributed by atoms with E-state index in [1.165, 1.54) is 0 Å². The second-order valence-corrected chi connectivity index (χ2v) is 7.68. The fraction of sp³-hybridized carbons (Fsp3) is 0.857. The molecular formula is C14H25IO4. The number of rotatable bonds is 5. The minimum Gasteiger partial charge on any atom is -0.461 e. The van der Waals surface area contributed by atoms with Gasteiger partial charge < -0.3 is 9.47 Å². The Morgan fingerprint density at radius 1 is 1.00 bits per heavy atom. The van der Waals surface area contributed by atoms with Crippen LogP contribution in [0.3, 0.4) is 0 Å². The summed E-state index contributed by atoms with van der Waals surface area (Å²) in [6, 6.07) is 0. The summed E-state index contributed by atoms with van der Waals surface area (Å²) in [5, 5.41) is 0. The Balaban J connectivity index is 4.43. The molecule has 0 aliphatic heterocycles. The standard InChI is InChI=1S/C14H25IO4/c1-13(2,3)11(16)18-9-10(7-8-15)19-12(17)14(4,5)6/h10H,7-9H2,1-6H3. The molecule has 0 saturated heterocycles. The Hall–Kier alpha value is -0.330. The van der Waals surface area contributed by atoms with E-state index in [1.807, 2.05) is 0 Å². The fourth-order valence-electron chi connectivity index (χ4n) is 1.01. The molecule has 0 aromatic carbocycles. The summed E-state index contributed by atoms with van der Waals surface area (Å²) in [5.41, 5.74) is -1.08. The van der Waals surface area contributed by atoms with E-state index < -0.39 is 10.8 Å². The first-order chi connectivity index (χ1) is 8.48. The summed E-state index contributed by atoms with van der Waals surface area (Å²) in [6.07, 6.45) is 0.315. The molecule has 0 N–H and O–H groups in total. The molecule has 0 bridgehead atoms. The minimum absolute atomic E-state index is 0.126. The van der Waals surface area contributed by atoms with Crippen LogP contribution in [0.4, 0.5) is 0 Å². The summed E-state index contributed by atoms with van der Waals surface area (Å²) >= 11 is 2.21. The highest BCUT2D eigenvalue weighted by molar-refractivity contribution is 14.1. The largest absolute Gasteiger partial charge is 0.461 e. The van der Waals surface area contributed by atoms with Gasteiger partial charge in [-0.05, 0) is 48.0 Å². The van der Waals surface area contributed by atoms with Crippen molar-refractivity contribution in [1.82, 2.24) is 0 Å². The van der Waals surface area contributed by atoms with Crippen LogP contribution in [0, 0.1) is 10.8 Å².